The minimum atomic E-state index is -0.517. The van der Waals surface area contributed by atoms with Gasteiger partial charge in [0.05, 0.1) is 6.61 Å². The number of amides is 3. The molecule has 0 spiro atoms. The lowest BCUT2D eigenvalue weighted by atomic mass is 10.1. The number of carbonyl (C=O) groups excluding carboxylic acids is 2. The van der Waals surface area contributed by atoms with Crippen LogP contribution in [0.5, 0.6) is 0 Å². The van der Waals surface area contributed by atoms with Crippen molar-refractivity contribution in [3.63, 3.8) is 0 Å². The van der Waals surface area contributed by atoms with Crippen LogP contribution in [0.4, 0.5) is 4.79 Å². The van der Waals surface area contributed by atoms with Crippen LogP contribution in [-0.4, -0.2) is 56.2 Å². The third-order valence-electron chi connectivity index (χ3n) is 2.98. The topological polar surface area (TPSA) is 70.7 Å². The zero-order chi connectivity index (χ0) is 13.4. The Morgan fingerprint density at radius 1 is 1.28 bits per heavy atom. The molecule has 1 saturated heterocycles. The van der Waals surface area contributed by atoms with Crippen LogP contribution >= 0.6 is 0 Å². The smallest absolute Gasteiger partial charge is 0.318 e. The van der Waals surface area contributed by atoms with E-state index in [1.54, 1.807) is 18.9 Å². The minimum absolute atomic E-state index is 0.149. The molecule has 0 saturated carbocycles. The highest BCUT2D eigenvalue weighted by atomic mass is 16.5. The summed E-state index contributed by atoms with van der Waals surface area (Å²) in [6.07, 6.45) is 3.26. The fourth-order valence-electron chi connectivity index (χ4n) is 1.87. The SMILES string of the molecule is COCCNC(=O)C(C)NC(=O)N1CCCCC1. The standard InChI is InChI=1S/C12H23N3O3/c1-10(11(16)13-6-9-18-2)14-12(17)15-7-4-3-5-8-15/h10H,3-9H2,1-2H3,(H,13,16)(H,14,17). The Labute approximate surface area is 108 Å². The van der Waals surface area contributed by atoms with Gasteiger partial charge in [-0.3, -0.25) is 4.79 Å². The second kappa shape index (κ2) is 7.92. The average Bonchev–Trinajstić information content (AvgIpc) is 2.39. The van der Waals surface area contributed by atoms with Gasteiger partial charge in [0.1, 0.15) is 6.04 Å². The molecule has 0 aromatic carbocycles. The van der Waals surface area contributed by atoms with E-state index in [0.29, 0.717) is 13.2 Å². The molecule has 1 aliphatic heterocycles. The number of carbonyl (C=O) groups is 2. The van der Waals surface area contributed by atoms with Crippen molar-refractivity contribution >= 4 is 11.9 Å². The van der Waals surface area contributed by atoms with Gasteiger partial charge in [0.25, 0.3) is 0 Å². The number of likely N-dealkylation sites (tertiary alicyclic amines) is 1. The number of ether oxygens (including phenoxy) is 1. The zero-order valence-electron chi connectivity index (χ0n) is 11.2. The molecule has 18 heavy (non-hydrogen) atoms. The Morgan fingerprint density at radius 3 is 2.56 bits per heavy atom. The predicted molar refractivity (Wildman–Crippen MR) is 68.3 cm³/mol. The van der Waals surface area contributed by atoms with Gasteiger partial charge < -0.3 is 20.3 Å². The van der Waals surface area contributed by atoms with Crippen LogP contribution < -0.4 is 10.6 Å². The first-order chi connectivity index (χ1) is 8.65. The summed E-state index contributed by atoms with van der Waals surface area (Å²) in [6.45, 7) is 4.18. The minimum Gasteiger partial charge on any atom is -0.383 e. The van der Waals surface area contributed by atoms with Gasteiger partial charge in [0, 0.05) is 26.7 Å². The molecule has 104 valence electrons. The number of rotatable bonds is 5. The van der Waals surface area contributed by atoms with Crippen LogP contribution in [0.3, 0.4) is 0 Å². The van der Waals surface area contributed by atoms with E-state index >= 15 is 0 Å². The van der Waals surface area contributed by atoms with Crippen molar-refractivity contribution < 1.29 is 14.3 Å². The third-order valence-corrected chi connectivity index (χ3v) is 2.98. The van der Waals surface area contributed by atoms with Gasteiger partial charge in [-0.25, -0.2) is 4.79 Å². The Morgan fingerprint density at radius 2 is 1.94 bits per heavy atom. The van der Waals surface area contributed by atoms with E-state index in [2.05, 4.69) is 10.6 Å². The van der Waals surface area contributed by atoms with Crippen LogP contribution in [0.1, 0.15) is 26.2 Å². The molecule has 1 unspecified atom stereocenters. The van der Waals surface area contributed by atoms with E-state index in [4.69, 9.17) is 4.74 Å². The number of methoxy groups -OCH3 is 1. The van der Waals surface area contributed by atoms with Crippen LogP contribution in [0, 0.1) is 0 Å². The zero-order valence-corrected chi connectivity index (χ0v) is 11.2. The van der Waals surface area contributed by atoms with E-state index in [1.807, 2.05) is 0 Å². The van der Waals surface area contributed by atoms with Crippen molar-refractivity contribution in [2.45, 2.75) is 32.2 Å². The van der Waals surface area contributed by atoms with Gasteiger partial charge in [-0.05, 0) is 26.2 Å². The number of hydrogen-bond donors (Lipinski definition) is 2. The summed E-state index contributed by atoms with van der Waals surface area (Å²) in [5.41, 5.74) is 0. The van der Waals surface area contributed by atoms with Crippen molar-refractivity contribution in [3.05, 3.63) is 0 Å². The fraction of sp³-hybridized carbons (Fsp3) is 0.833. The summed E-state index contributed by atoms with van der Waals surface area (Å²) in [5, 5.41) is 5.40. The van der Waals surface area contributed by atoms with E-state index < -0.39 is 6.04 Å². The molecule has 1 fully saturated rings. The first kappa shape index (κ1) is 14.8. The highest BCUT2D eigenvalue weighted by molar-refractivity contribution is 5.86. The molecule has 0 radical (unpaired) electrons. The third kappa shape index (κ3) is 4.91. The van der Waals surface area contributed by atoms with Gasteiger partial charge in [0.15, 0.2) is 0 Å². The lowest BCUT2D eigenvalue weighted by Gasteiger charge is -2.28. The first-order valence-electron chi connectivity index (χ1n) is 6.47. The molecule has 1 heterocycles. The van der Waals surface area contributed by atoms with E-state index in [0.717, 1.165) is 25.9 Å². The van der Waals surface area contributed by atoms with Gasteiger partial charge in [-0.1, -0.05) is 0 Å². The summed E-state index contributed by atoms with van der Waals surface area (Å²) in [6, 6.07) is -0.666. The Hall–Kier alpha value is -1.30. The van der Waals surface area contributed by atoms with Crippen molar-refractivity contribution in [2.75, 3.05) is 33.4 Å². The molecule has 6 heteroatoms. The second-order valence-electron chi connectivity index (χ2n) is 4.50. The number of hydrogen-bond acceptors (Lipinski definition) is 3. The van der Waals surface area contributed by atoms with Crippen LogP contribution in [0.15, 0.2) is 0 Å². The van der Waals surface area contributed by atoms with Gasteiger partial charge in [0.2, 0.25) is 5.91 Å². The molecule has 1 rings (SSSR count). The molecule has 2 N–H and O–H groups in total. The van der Waals surface area contributed by atoms with Crippen molar-refractivity contribution in [1.29, 1.82) is 0 Å². The largest absolute Gasteiger partial charge is 0.383 e. The Bertz CT molecular complexity index is 278. The van der Waals surface area contributed by atoms with E-state index in [-0.39, 0.29) is 11.9 Å². The first-order valence-corrected chi connectivity index (χ1v) is 6.47. The maximum absolute atomic E-state index is 11.9. The van der Waals surface area contributed by atoms with Crippen molar-refractivity contribution in [2.24, 2.45) is 0 Å². The highest BCUT2D eigenvalue weighted by Gasteiger charge is 2.20. The van der Waals surface area contributed by atoms with Gasteiger partial charge in [-0.15, -0.1) is 0 Å². The van der Waals surface area contributed by atoms with Crippen molar-refractivity contribution in [3.8, 4) is 0 Å². The average molecular weight is 257 g/mol. The maximum Gasteiger partial charge on any atom is 0.318 e. The lowest BCUT2D eigenvalue weighted by molar-refractivity contribution is -0.122. The molecule has 0 aromatic rings. The number of nitrogens with zero attached hydrogens (tertiary/aromatic N) is 1. The molecular weight excluding hydrogens is 234 g/mol. The molecule has 0 aliphatic carbocycles. The number of piperidine rings is 1. The summed E-state index contributed by atoms with van der Waals surface area (Å²) >= 11 is 0. The quantitative estimate of drug-likeness (QED) is 0.697. The Balaban J connectivity index is 2.27. The summed E-state index contributed by atoms with van der Waals surface area (Å²) in [5.74, 6) is -0.183. The Kier molecular flexibility index (Phi) is 6.49. The summed E-state index contributed by atoms with van der Waals surface area (Å²) in [7, 11) is 1.58. The molecule has 3 amide bonds. The maximum atomic E-state index is 11.9. The lowest BCUT2D eigenvalue weighted by Crippen LogP contribution is -2.51. The predicted octanol–water partition coefficient (Wildman–Crippen LogP) is 0.333. The van der Waals surface area contributed by atoms with E-state index in [9.17, 15) is 9.59 Å². The van der Waals surface area contributed by atoms with E-state index in [1.165, 1.54) is 6.42 Å². The van der Waals surface area contributed by atoms with Crippen LogP contribution in [-0.2, 0) is 9.53 Å². The molecule has 1 aliphatic rings. The van der Waals surface area contributed by atoms with Crippen LogP contribution in [0.25, 0.3) is 0 Å². The van der Waals surface area contributed by atoms with Gasteiger partial charge in [-0.2, -0.15) is 0 Å². The fourth-order valence-corrected chi connectivity index (χ4v) is 1.87. The van der Waals surface area contributed by atoms with Gasteiger partial charge >= 0.3 is 6.03 Å². The molecule has 6 nitrogen and oxygen atoms in total. The normalized spacial score (nSPS) is 17.1. The second-order valence-corrected chi connectivity index (χ2v) is 4.50. The van der Waals surface area contributed by atoms with Crippen LogP contribution in [0.2, 0.25) is 0 Å². The monoisotopic (exact) mass is 257 g/mol. The molecule has 1 atom stereocenters. The number of nitrogens with one attached hydrogen (secondary N) is 2. The highest BCUT2D eigenvalue weighted by Crippen LogP contribution is 2.08. The number of urea groups is 1. The summed E-state index contributed by atoms with van der Waals surface area (Å²) < 4.78 is 4.84. The summed E-state index contributed by atoms with van der Waals surface area (Å²) in [4.78, 5) is 25.3. The van der Waals surface area contributed by atoms with Crippen molar-refractivity contribution in [1.82, 2.24) is 15.5 Å². The molecule has 0 aromatic heterocycles. The molecular formula is C12H23N3O3. The molecule has 0 bridgehead atoms.